The summed E-state index contributed by atoms with van der Waals surface area (Å²) in [4.78, 5) is 0. The molecule has 1 atom stereocenters. The van der Waals surface area contributed by atoms with E-state index in [1.54, 1.807) is 6.08 Å². The third kappa shape index (κ3) is 2.24. The van der Waals surface area contributed by atoms with Gasteiger partial charge < -0.3 is 5.11 Å². The Bertz CT molecular complexity index is 339. The molecule has 76 valence electrons. The molecule has 0 radical (unpaired) electrons. The molecule has 14 heavy (non-hydrogen) atoms. The molecular weight excluding hydrogens is 172 g/mol. The number of benzene rings is 1. The van der Waals surface area contributed by atoms with Crippen molar-refractivity contribution in [3.05, 3.63) is 47.0 Å². The van der Waals surface area contributed by atoms with E-state index in [2.05, 4.69) is 32.6 Å². The van der Waals surface area contributed by atoms with Gasteiger partial charge in [-0.2, -0.15) is 0 Å². The molecule has 1 N–H and O–H groups in total. The number of hydrogen-bond acceptors (Lipinski definition) is 1. The summed E-state index contributed by atoms with van der Waals surface area (Å²) < 4.78 is 0. The van der Waals surface area contributed by atoms with Crippen LogP contribution in [0, 0.1) is 20.8 Å². The van der Waals surface area contributed by atoms with Gasteiger partial charge in [-0.25, -0.2) is 0 Å². The van der Waals surface area contributed by atoms with Gasteiger partial charge in [-0.15, -0.1) is 6.58 Å². The van der Waals surface area contributed by atoms with Gasteiger partial charge in [0.25, 0.3) is 0 Å². The first-order chi connectivity index (χ1) is 6.56. The van der Waals surface area contributed by atoms with Gasteiger partial charge in [0, 0.05) is 0 Å². The fraction of sp³-hybridized carbons (Fsp3) is 0.385. The summed E-state index contributed by atoms with van der Waals surface area (Å²) in [7, 11) is 0. The summed E-state index contributed by atoms with van der Waals surface area (Å²) in [5.41, 5.74) is 4.68. The van der Waals surface area contributed by atoms with Crippen LogP contribution in [-0.2, 0) is 0 Å². The largest absolute Gasteiger partial charge is 0.388 e. The number of rotatable bonds is 3. The highest BCUT2D eigenvalue weighted by Crippen LogP contribution is 2.23. The van der Waals surface area contributed by atoms with E-state index in [1.807, 2.05) is 6.92 Å². The second-order valence-electron chi connectivity index (χ2n) is 3.83. The average molecular weight is 190 g/mol. The normalized spacial score (nSPS) is 12.6. The van der Waals surface area contributed by atoms with E-state index in [9.17, 15) is 5.11 Å². The predicted molar refractivity (Wildman–Crippen MR) is 60.4 cm³/mol. The highest BCUT2D eigenvalue weighted by molar-refractivity contribution is 5.37. The van der Waals surface area contributed by atoms with Gasteiger partial charge in [0.05, 0.1) is 6.10 Å². The summed E-state index contributed by atoms with van der Waals surface area (Å²) in [6.45, 7) is 9.83. The summed E-state index contributed by atoms with van der Waals surface area (Å²) in [5.74, 6) is 0. The quantitative estimate of drug-likeness (QED) is 0.725. The van der Waals surface area contributed by atoms with Crippen LogP contribution in [0.1, 0.15) is 34.8 Å². The number of aryl methyl sites for hydroxylation is 3. The Labute approximate surface area is 86.1 Å². The van der Waals surface area contributed by atoms with Gasteiger partial charge >= 0.3 is 0 Å². The van der Waals surface area contributed by atoms with Crippen molar-refractivity contribution in [2.45, 2.75) is 33.3 Å². The molecule has 1 aromatic rings. The van der Waals surface area contributed by atoms with Crippen molar-refractivity contribution >= 4 is 0 Å². The zero-order valence-corrected chi connectivity index (χ0v) is 9.17. The van der Waals surface area contributed by atoms with Crippen LogP contribution in [-0.4, -0.2) is 5.11 Å². The lowest BCUT2D eigenvalue weighted by molar-refractivity contribution is 0.181. The van der Waals surface area contributed by atoms with Crippen LogP contribution in [0.4, 0.5) is 0 Å². The first-order valence-corrected chi connectivity index (χ1v) is 4.93. The molecule has 0 fully saturated rings. The van der Waals surface area contributed by atoms with E-state index in [0.717, 1.165) is 11.1 Å². The minimum atomic E-state index is -0.410. The van der Waals surface area contributed by atoms with Crippen molar-refractivity contribution < 1.29 is 5.11 Å². The molecular formula is C13H18O. The lowest BCUT2D eigenvalue weighted by Crippen LogP contribution is -2.00. The Morgan fingerprint density at radius 3 is 2.36 bits per heavy atom. The van der Waals surface area contributed by atoms with Crippen molar-refractivity contribution in [3.63, 3.8) is 0 Å². The second kappa shape index (κ2) is 4.43. The van der Waals surface area contributed by atoms with Crippen molar-refractivity contribution in [3.8, 4) is 0 Å². The highest BCUT2D eigenvalue weighted by atomic mass is 16.3. The van der Waals surface area contributed by atoms with Crippen LogP contribution in [0.15, 0.2) is 24.8 Å². The predicted octanol–water partition coefficient (Wildman–Crippen LogP) is 3.22. The monoisotopic (exact) mass is 190 g/mol. The van der Waals surface area contributed by atoms with Gasteiger partial charge in [-0.3, -0.25) is 0 Å². The fourth-order valence-electron chi connectivity index (χ4n) is 1.63. The average Bonchev–Trinajstić information content (AvgIpc) is 2.11. The first kappa shape index (κ1) is 11.0. The molecule has 0 spiro atoms. The van der Waals surface area contributed by atoms with E-state index < -0.39 is 6.10 Å². The Balaban J connectivity index is 3.08. The third-order valence-electron chi connectivity index (χ3n) is 2.63. The lowest BCUT2D eigenvalue weighted by Gasteiger charge is -2.14. The Hall–Kier alpha value is -1.08. The molecule has 1 rings (SSSR count). The maximum atomic E-state index is 9.85. The Morgan fingerprint density at radius 2 is 1.79 bits per heavy atom. The van der Waals surface area contributed by atoms with Crippen LogP contribution in [0.5, 0.6) is 0 Å². The number of hydrogen-bond donors (Lipinski definition) is 1. The molecule has 0 unspecified atom stereocenters. The highest BCUT2D eigenvalue weighted by Gasteiger charge is 2.09. The SMILES string of the molecule is C=CC[C@@H](O)c1cc(C)c(C)cc1C. The van der Waals surface area contributed by atoms with Crippen LogP contribution >= 0.6 is 0 Å². The van der Waals surface area contributed by atoms with Crippen molar-refractivity contribution in [2.24, 2.45) is 0 Å². The van der Waals surface area contributed by atoms with Gasteiger partial charge in [0.15, 0.2) is 0 Å². The summed E-state index contributed by atoms with van der Waals surface area (Å²) in [6.07, 6.45) is 1.95. The second-order valence-corrected chi connectivity index (χ2v) is 3.83. The zero-order chi connectivity index (χ0) is 10.7. The summed E-state index contributed by atoms with van der Waals surface area (Å²) in [6, 6.07) is 4.19. The van der Waals surface area contributed by atoms with Crippen LogP contribution in [0.25, 0.3) is 0 Å². The van der Waals surface area contributed by atoms with E-state index in [-0.39, 0.29) is 0 Å². The molecule has 1 heteroatoms. The maximum Gasteiger partial charge on any atom is 0.0827 e. The maximum absolute atomic E-state index is 9.85. The van der Waals surface area contributed by atoms with Crippen molar-refractivity contribution in [1.82, 2.24) is 0 Å². The van der Waals surface area contributed by atoms with E-state index in [0.29, 0.717) is 6.42 Å². The lowest BCUT2D eigenvalue weighted by atomic mass is 9.96. The molecule has 0 amide bonds. The fourth-order valence-corrected chi connectivity index (χ4v) is 1.63. The molecule has 0 aliphatic rings. The van der Waals surface area contributed by atoms with Crippen molar-refractivity contribution in [1.29, 1.82) is 0 Å². The van der Waals surface area contributed by atoms with E-state index in [4.69, 9.17) is 0 Å². The number of aliphatic hydroxyl groups excluding tert-OH is 1. The molecule has 0 aromatic heterocycles. The van der Waals surface area contributed by atoms with Crippen molar-refractivity contribution in [2.75, 3.05) is 0 Å². The van der Waals surface area contributed by atoms with Crippen LogP contribution in [0.2, 0.25) is 0 Å². The molecule has 0 saturated heterocycles. The molecule has 0 heterocycles. The molecule has 0 saturated carbocycles. The summed E-state index contributed by atoms with van der Waals surface area (Å²) in [5, 5.41) is 9.85. The van der Waals surface area contributed by atoms with E-state index >= 15 is 0 Å². The smallest absolute Gasteiger partial charge is 0.0827 e. The molecule has 0 aliphatic heterocycles. The summed E-state index contributed by atoms with van der Waals surface area (Å²) >= 11 is 0. The van der Waals surface area contributed by atoms with Crippen LogP contribution in [0.3, 0.4) is 0 Å². The zero-order valence-electron chi connectivity index (χ0n) is 9.17. The molecule has 1 nitrogen and oxygen atoms in total. The minimum absolute atomic E-state index is 0.410. The van der Waals surface area contributed by atoms with Gasteiger partial charge in [0.2, 0.25) is 0 Å². The Kier molecular flexibility index (Phi) is 3.48. The number of aliphatic hydroxyl groups is 1. The van der Waals surface area contributed by atoms with Crippen LogP contribution < -0.4 is 0 Å². The van der Waals surface area contributed by atoms with Gasteiger partial charge in [0.1, 0.15) is 0 Å². The Morgan fingerprint density at radius 1 is 1.21 bits per heavy atom. The third-order valence-corrected chi connectivity index (χ3v) is 2.63. The van der Waals surface area contributed by atoms with Gasteiger partial charge in [-0.05, 0) is 49.4 Å². The molecule has 1 aromatic carbocycles. The first-order valence-electron chi connectivity index (χ1n) is 4.93. The molecule has 0 aliphatic carbocycles. The van der Waals surface area contributed by atoms with E-state index in [1.165, 1.54) is 11.1 Å². The topological polar surface area (TPSA) is 20.2 Å². The van der Waals surface area contributed by atoms with Gasteiger partial charge in [-0.1, -0.05) is 18.2 Å². The molecule has 0 bridgehead atoms. The minimum Gasteiger partial charge on any atom is -0.388 e. The standard InChI is InChI=1S/C13H18O/c1-5-6-13(14)12-8-10(3)9(2)7-11(12)4/h5,7-8,13-14H,1,6H2,2-4H3/t13-/m1/s1.